The topological polar surface area (TPSA) is 18.5 Å². The molecular formula is C14H16O2. The van der Waals surface area contributed by atoms with Gasteiger partial charge in [0.05, 0.1) is 13.7 Å². The standard InChI is InChI=1S/C14H16O2/c1-3-8-16-14-7-5-11-9-13(15-2)6-4-12(11)10-14/h4-7,9-10H,3,8H2,1-2H3. The van der Waals surface area contributed by atoms with Crippen molar-refractivity contribution in [3.63, 3.8) is 0 Å². The quantitative estimate of drug-likeness (QED) is 0.776. The molecule has 0 spiro atoms. The molecule has 2 nitrogen and oxygen atoms in total. The van der Waals surface area contributed by atoms with Gasteiger partial charge in [-0.2, -0.15) is 0 Å². The van der Waals surface area contributed by atoms with Crippen LogP contribution in [0.25, 0.3) is 10.8 Å². The number of fused-ring (bicyclic) bond motifs is 1. The Balaban J connectivity index is 2.32. The van der Waals surface area contributed by atoms with Crippen molar-refractivity contribution in [3.8, 4) is 11.5 Å². The van der Waals surface area contributed by atoms with Gasteiger partial charge in [-0.1, -0.05) is 19.1 Å². The van der Waals surface area contributed by atoms with E-state index >= 15 is 0 Å². The Morgan fingerprint density at radius 2 is 1.56 bits per heavy atom. The summed E-state index contributed by atoms with van der Waals surface area (Å²) in [5, 5.41) is 2.35. The van der Waals surface area contributed by atoms with Crippen LogP contribution in [-0.4, -0.2) is 13.7 Å². The molecular weight excluding hydrogens is 200 g/mol. The fourth-order valence-corrected chi connectivity index (χ4v) is 1.64. The average molecular weight is 216 g/mol. The van der Waals surface area contributed by atoms with Gasteiger partial charge in [-0.3, -0.25) is 0 Å². The van der Waals surface area contributed by atoms with E-state index in [4.69, 9.17) is 9.47 Å². The van der Waals surface area contributed by atoms with E-state index in [-0.39, 0.29) is 0 Å². The van der Waals surface area contributed by atoms with Crippen molar-refractivity contribution in [1.82, 2.24) is 0 Å². The summed E-state index contributed by atoms with van der Waals surface area (Å²) in [6, 6.07) is 12.2. The van der Waals surface area contributed by atoms with Gasteiger partial charge in [0.25, 0.3) is 0 Å². The van der Waals surface area contributed by atoms with E-state index < -0.39 is 0 Å². The summed E-state index contributed by atoms with van der Waals surface area (Å²) in [5.74, 6) is 1.81. The summed E-state index contributed by atoms with van der Waals surface area (Å²) in [4.78, 5) is 0. The highest BCUT2D eigenvalue weighted by atomic mass is 16.5. The number of rotatable bonds is 4. The smallest absolute Gasteiger partial charge is 0.119 e. The molecule has 2 rings (SSSR count). The monoisotopic (exact) mass is 216 g/mol. The SMILES string of the molecule is CCCOc1ccc2cc(OC)ccc2c1. The number of benzene rings is 2. The van der Waals surface area contributed by atoms with E-state index in [1.807, 2.05) is 24.3 Å². The van der Waals surface area contributed by atoms with E-state index in [2.05, 4.69) is 19.1 Å². The van der Waals surface area contributed by atoms with E-state index in [1.165, 1.54) is 10.8 Å². The Morgan fingerprint density at radius 1 is 0.938 bits per heavy atom. The third-order valence-corrected chi connectivity index (χ3v) is 2.49. The van der Waals surface area contributed by atoms with E-state index in [1.54, 1.807) is 7.11 Å². The van der Waals surface area contributed by atoms with E-state index in [9.17, 15) is 0 Å². The molecule has 0 unspecified atom stereocenters. The van der Waals surface area contributed by atoms with Gasteiger partial charge in [0.1, 0.15) is 11.5 Å². The van der Waals surface area contributed by atoms with Crippen molar-refractivity contribution in [2.45, 2.75) is 13.3 Å². The van der Waals surface area contributed by atoms with Crippen LogP contribution in [0.2, 0.25) is 0 Å². The molecule has 0 atom stereocenters. The van der Waals surface area contributed by atoms with Crippen LogP contribution in [0.5, 0.6) is 11.5 Å². The summed E-state index contributed by atoms with van der Waals surface area (Å²) < 4.78 is 10.8. The van der Waals surface area contributed by atoms with E-state index in [0.29, 0.717) is 0 Å². The minimum absolute atomic E-state index is 0.766. The lowest BCUT2D eigenvalue weighted by molar-refractivity contribution is 0.318. The fourth-order valence-electron chi connectivity index (χ4n) is 1.64. The van der Waals surface area contributed by atoms with Crippen LogP contribution in [0, 0.1) is 0 Å². The third kappa shape index (κ3) is 2.27. The molecule has 2 heteroatoms. The normalized spacial score (nSPS) is 10.4. The second kappa shape index (κ2) is 4.88. The van der Waals surface area contributed by atoms with Crippen molar-refractivity contribution in [1.29, 1.82) is 0 Å². The van der Waals surface area contributed by atoms with Gasteiger partial charge in [-0.25, -0.2) is 0 Å². The van der Waals surface area contributed by atoms with Gasteiger partial charge in [-0.15, -0.1) is 0 Å². The Kier molecular flexibility index (Phi) is 3.30. The lowest BCUT2D eigenvalue weighted by Crippen LogP contribution is -1.94. The molecule has 0 bridgehead atoms. The number of ether oxygens (including phenoxy) is 2. The molecule has 0 aromatic heterocycles. The minimum atomic E-state index is 0.766. The summed E-state index contributed by atoms with van der Waals surface area (Å²) in [7, 11) is 1.68. The van der Waals surface area contributed by atoms with Crippen LogP contribution in [0.4, 0.5) is 0 Å². The Labute approximate surface area is 95.8 Å². The second-order valence-electron chi connectivity index (χ2n) is 3.72. The van der Waals surface area contributed by atoms with Crippen molar-refractivity contribution in [2.24, 2.45) is 0 Å². The third-order valence-electron chi connectivity index (χ3n) is 2.49. The largest absolute Gasteiger partial charge is 0.497 e. The maximum atomic E-state index is 5.59. The van der Waals surface area contributed by atoms with Crippen LogP contribution in [0.3, 0.4) is 0 Å². The summed E-state index contributed by atoms with van der Waals surface area (Å²) >= 11 is 0. The van der Waals surface area contributed by atoms with Crippen molar-refractivity contribution in [3.05, 3.63) is 36.4 Å². The Morgan fingerprint density at radius 3 is 2.19 bits per heavy atom. The molecule has 0 saturated heterocycles. The number of hydrogen-bond donors (Lipinski definition) is 0. The first kappa shape index (κ1) is 10.8. The highest BCUT2D eigenvalue weighted by molar-refractivity contribution is 5.85. The first-order chi connectivity index (χ1) is 7.83. The maximum Gasteiger partial charge on any atom is 0.119 e. The molecule has 16 heavy (non-hydrogen) atoms. The zero-order valence-corrected chi connectivity index (χ0v) is 9.69. The molecule has 0 amide bonds. The van der Waals surface area contributed by atoms with Gasteiger partial charge in [0.2, 0.25) is 0 Å². The minimum Gasteiger partial charge on any atom is -0.497 e. The summed E-state index contributed by atoms with van der Waals surface area (Å²) in [5.41, 5.74) is 0. The van der Waals surface area contributed by atoms with Gasteiger partial charge < -0.3 is 9.47 Å². The molecule has 0 radical (unpaired) electrons. The van der Waals surface area contributed by atoms with Crippen LogP contribution >= 0.6 is 0 Å². The number of methoxy groups -OCH3 is 1. The van der Waals surface area contributed by atoms with Crippen LogP contribution < -0.4 is 9.47 Å². The molecule has 0 aliphatic heterocycles. The van der Waals surface area contributed by atoms with Crippen molar-refractivity contribution < 1.29 is 9.47 Å². The van der Waals surface area contributed by atoms with Crippen LogP contribution in [0.15, 0.2) is 36.4 Å². The molecule has 0 aliphatic carbocycles. The second-order valence-corrected chi connectivity index (χ2v) is 3.72. The lowest BCUT2D eigenvalue weighted by Gasteiger charge is -2.07. The first-order valence-corrected chi connectivity index (χ1v) is 5.54. The Hall–Kier alpha value is -1.70. The van der Waals surface area contributed by atoms with Gasteiger partial charge in [0, 0.05) is 0 Å². The zero-order valence-electron chi connectivity index (χ0n) is 9.69. The average Bonchev–Trinajstić information content (AvgIpc) is 2.35. The highest BCUT2D eigenvalue weighted by Crippen LogP contribution is 2.24. The molecule has 0 aliphatic rings. The fraction of sp³-hybridized carbons (Fsp3) is 0.286. The maximum absolute atomic E-state index is 5.59. The Bertz CT molecular complexity index is 477. The predicted molar refractivity (Wildman–Crippen MR) is 66.3 cm³/mol. The zero-order chi connectivity index (χ0) is 11.4. The summed E-state index contributed by atoms with van der Waals surface area (Å²) in [6.45, 7) is 2.87. The van der Waals surface area contributed by atoms with Gasteiger partial charge in [-0.05, 0) is 41.5 Å². The molecule has 84 valence electrons. The molecule has 2 aromatic carbocycles. The van der Waals surface area contributed by atoms with Crippen molar-refractivity contribution >= 4 is 10.8 Å². The van der Waals surface area contributed by atoms with Crippen molar-refractivity contribution in [2.75, 3.05) is 13.7 Å². The highest BCUT2D eigenvalue weighted by Gasteiger charge is 1.99. The lowest BCUT2D eigenvalue weighted by atomic mass is 10.1. The molecule has 0 saturated carbocycles. The van der Waals surface area contributed by atoms with Gasteiger partial charge >= 0.3 is 0 Å². The molecule has 0 heterocycles. The van der Waals surface area contributed by atoms with Crippen LogP contribution in [0.1, 0.15) is 13.3 Å². The van der Waals surface area contributed by atoms with Gasteiger partial charge in [0.15, 0.2) is 0 Å². The first-order valence-electron chi connectivity index (χ1n) is 5.54. The predicted octanol–water partition coefficient (Wildman–Crippen LogP) is 3.64. The molecule has 0 fully saturated rings. The molecule has 0 N–H and O–H groups in total. The van der Waals surface area contributed by atoms with E-state index in [0.717, 1.165) is 24.5 Å². The number of hydrogen-bond acceptors (Lipinski definition) is 2. The summed E-state index contributed by atoms with van der Waals surface area (Å²) in [6.07, 6.45) is 1.03. The molecule has 2 aromatic rings. The van der Waals surface area contributed by atoms with Crippen LogP contribution in [-0.2, 0) is 0 Å².